The molecule has 0 aliphatic heterocycles. The fourth-order valence-corrected chi connectivity index (χ4v) is 1.97. The first-order valence-corrected chi connectivity index (χ1v) is 5.53. The molecule has 0 N–H and O–H groups in total. The second-order valence-electron chi connectivity index (χ2n) is 4.16. The van der Waals surface area contributed by atoms with Gasteiger partial charge in [-0.05, 0) is 24.8 Å². The number of benzene rings is 1. The maximum absolute atomic E-state index is 4.43. The highest BCUT2D eigenvalue weighted by Crippen LogP contribution is 2.32. The number of hydrogen-bond donors (Lipinski definition) is 0. The van der Waals surface area contributed by atoms with E-state index < -0.39 is 0 Å². The molecule has 1 aromatic heterocycles. The van der Waals surface area contributed by atoms with E-state index in [1.54, 1.807) is 0 Å². The van der Waals surface area contributed by atoms with Crippen LogP contribution in [0.3, 0.4) is 0 Å². The van der Waals surface area contributed by atoms with Crippen molar-refractivity contribution >= 4 is 0 Å². The van der Waals surface area contributed by atoms with Crippen molar-refractivity contribution < 1.29 is 0 Å². The molecule has 0 bridgehead atoms. The zero-order valence-electron chi connectivity index (χ0n) is 8.63. The Kier molecular flexibility index (Phi) is 2.05. The molecule has 2 heteroatoms. The van der Waals surface area contributed by atoms with Gasteiger partial charge in [0.1, 0.15) is 0 Å². The summed E-state index contributed by atoms with van der Waals surface area (Å²) in [6.07, 6.45) is 8.06. The highest BCUT2D eigenvalue weighted by atomic mass is 15.3. The van der Waals surface area contributed by atoms with Crippen molar-refractivity contribution in [3.63, 3.8) is 0 Å². The lowest BCUT2D eigenvalue weighted by molar-refractivity contribution is 0.289. The lowest BCUT2D eigenvalue weighted by atomic mass is 9.93. The molecular formula is C13H14N2. The van der Waals surface area contributed by atoms with Crippen molar-refractivity contribution in [2.75, 3.05) is 0 Å². The maximum Gasteiger partial charge on any atom is 0.0568 e. The molecule has 1 heterocycles. The summed E-state index contributed by atoms with van der Waals surface area (Å²) < 4.78 is 2.12. The Morgan fingerprint density at radius 1 is 1.07 bits per heavy atom. The molecule has 2 nitrogen and oxygen atoms in total. The largest absolute Gasteiger partial charge is 0.269 e. The predicted molar refractivity (Wildman–Crippen MR) is 60.6 cm³/mol. The fourth-order valence-electron chi connectivity index (χ4n) is 1.97. The summed E-state index contributed by atoms with van der Waals surface area (Å²) in [5.74, 6) is 0. The summed E-state index contributed by atoms with van der Waals surface area (Å²) in [6, 6.07) is 11.1. The van der Waals surface area contributed by atoms with Crippen LogP contribution in [0.5, 0.6) is 0 Å². The molecule has 0 unspecified atom stereocenters. The normalized spacial score (nSPS) is 16.3. The summed E-state index contributed by atoms with van der Waals surface area (Å²) in [4.78, 5) is 0. The van der Waals surface area contributed by atoms with Crippen LogP contribution < -0.4 is 0 Å². The highest BCUT2D eigenvalue weighted by molar-refractivity contribution is 5.61. The average molecular weight is 198 g/mol. The standard InChI is InChI=1S/C13H14N2/c1-2-5-11(6-3-1)12-9-14-15(10-12)13-7-4-8-13/h1-3,5-6,9-10,13H,4,7-8H2. The first-order chi connectivity index (χ1) is 7.43. The van der Waals surface area contributed by atoms with Crippen molar-refractivity contribution in [1.29, 1.82) is 0 Å². The third kappa shape index (κ3) is 1.56. The Balaban J connectivity index is 1.90. The van der Waals surface area contributed by atoms with Gasteiger partial charge in [0.2, 0.25) is 0 Å². The number of rotatable bonds is 2. The first-order valence-electron chi connectivity index (χ1n) is 5.53. The smallest absolute Gasteiger partial charge is 0.0568 e. The zero-order chi connectivity index (χ0) is 10.1. The van der Waals surface area contributed by atoms with Gasteiger partial charge in [-0.3, -0.25) is 4.68 Å². The van der Waals surface area contributed by atoms with E-state index in [9.17, 15) is 0 Å². The third-order valence-electron chi connectivity index (χ3n) is 3.16. The molecule has 15 heavy (non-hydrogen) atoms. The second kappa shape index (κ2) is 3.54. The first kappa shape index (κ1) is 8.72. The lowest BCUT2D eigenvalue weighted by Gasteiger charge is -2.25. The van der Waals surface area contributed by atoms with Gasteiger partial charge in [-0.2, -0.15) is 5.10 Å². The SMILES string of the molecule is c1ccc(-c2cnn(C3CCC3)c2)cc1. The highest BCUT2D eigenvalue weighted by Gasteiger charge is 2.19. The minimum atomic E-state index is 0.655. The third-order valence-corrected chi connectivity index (χ3v) is 3.16. The quantitative estimate of drug-likeness (QED) is 0.724. The maximum atomic E-state index is 4.43. The van der Waals surface area contributed by atoms with Crippen molar-refractivity contribution in [3.8, 4) is 11.1 Å². The molecule has 0 atom stereocenters. The molecule has 0 amide bonds. The number of nitrogens with zero attached hydrogens (tertiary/aromatic N) is 2. The van der Waals surface area contributed by atoms with Crippen molar-refractivity contribution in [2.24, 2.45) is 0 Å². The molecule has 1 aliphatic rings. The van der Waals surface area contributed by atoms with Crippen LogP contribution in [-0.2, 0) is 0 Å². The van der Waals surface area contributed by atoms with E-state index in [2.05, 4.69) is 40.2 Å². The zero-order valence-corrected chi connectivity index (χ0v) is 8.63. The van der Waals surface area contributed by atoms with Gasteiger partial charge in [0.15, 0.2) is 0 Å². The predicted octanol–water partition coefficient (Wildman–Crippen LogP) is 3.28. The van der Waals surface area contributed by atoms with E-state index >= 15 is 0 Å². The Bertz CT molecular complexity index is 441. The fraction of sp³-hybridized carbons (Fsp3) is 0.308. The van der Waals surface area contributed by atoms with Crippen LogP contribution in [0, 0.1) is 0 Å². The summed E-state index contributed by atoms with van der Waals surface area (Å²) >= 11 is 0. The summed E-state index contributed by atoms with van der Waals surface area (Å²) in [6.45, 7) is 0. The molecular weight excluding hydrogens is 184 g/mol. The molecule has 1 saturated carbocycles. The van der Waals surface area contributed by atoms with Crippen molar-refractivity contribution in [1.82, 2.24) is 9.78 Å². The van der Waals surface area contributed by atoms with Crippen LogP contribution in [0.1, 0.15) is 25.3 Å². The molecule has 0 spiro atoms. The molecule has 1 fully saturated rings. The van der Waals surface area contributed by atoms with E-state index in [1.165, 1.54) is 30.4 Å². The average Bonchev–Trinajstić information content (AvgIpc) is 2.66. The van der Waals surface area contributed by atoms with E-state index in [0.717, 1.165) is 0 Å². The van der Waals surface area contributed by atoms with Gasteiger partial charge in [-0.15, -0.1) is 0 Å². The van der Waals surface area contributed by atoms with Crippen LogP contribution >= 0.6 is 0 Å². The number of hydrogen-bond acceptors (Lipinski definition) is 1. The van der Waals surface area contributed by atoms with E-state index in [4.69, 9.17) is 0 Å². The van der Waals surface area contributed by atoms with Crippen LogP contribution in [0.25, 0.3) is 11.1 Å². The van der Waals surface area contributed by atoms with E-state index in [0.29, 0.717) is 6.04 Å². The van der Waals surface area contributed by atoms with Gasteiger partial charge < -0.3 is 0 Å². The van der Waals surface area contributed by atoms with Crippen molar-refractivity contribution in [2.45, 2.75) is 25.3 Å². The molecule has 1 aliphatic carbocycles. The minimum Gasteiger partial charge on any atom is -0.269 e. The van der Waals surface area contributed by atoms with Gasteiger partial charge in [0.05, 0.1) is 12.2 Å². The van der Waals surface area contributed by atoms with Crippen LogP contribution in [0.2, 0.25) is 0 Å². The Morgan fingerprint density at radius 3 is 2.53 bits per heavy atom. The minimum absolute atomic E-state index is 0.655. The molecule has 76 valence electrons. The molecule has 3 rings (SSSR count). The van der Waals surface area contributed by atoms with Crippen LogP contribution in [-0.4, -0.2) is 9.78 Å². The van der Waals surface area contributed by atoms with Crippen LogP contribution in [0.4, 0.5) is 0 Å². The molecule has 0 radical (unpaired) electrons. The van der Waals surface area contributed by atoms with Gasteiger partial charge in [0, 0.05) is 11.8 Å². The molecule has 2 aromatic rings. The Labute approximate surface area is 89.5 Å². The van der Waals surface area contributed by atoms with Gasteiger partial charge >= 0.3 is 0 Å². The lowest BCUT2D eigenvalue weighted by Crippen LogP contribution is -2.16. The Hall–Kier alpha value is -1.57. The van der Waals surface area contributed by atoms with Crippen LogP contribution in [0.15, 0.2) is 42.7 Å². The van der Waals surface area contributed by atoms with Crippen molar-refractivity contribution in [3.05, 3.63) is 42.7 Å². The molecule has 1 aromatic carbocycles. The van der Waals surface area contributed by atoms with E-state index in [-0.39, 0.29) is 0 Å². The van der Waals surface area contributed by atoms with E-state index in [1.807, 2.05) is 12.3 Å². The summed E-state index contributed by atoms with van der Waals surface area (Å²) in [7, 11) is 0. The van der Waals surface area contributed by atoms with Gasteiger partial charge in [-0.1, -0.05) is 30.3 Å². The van der Waals surface area contributed by atoms with Gasteiger partial charge in [0.25, 0.3) is 0 Å². The number of aromatic nitrogens is 2. The second-order valence-corrected chi connectivity index (χ2v) is 4.16. The topological polar surface area (TPSA) is 17.8 Å². The Morgan fingerprint density at radius 2 is 1.87 bits per heavy atom. The summed E-state index contributed by atoms with van der Waals surface area (Å²) in [5, 5.41) is 4.43. The summed E-state index contributed by atoms with van der Waals surface area (Å²) in [5.41, 5.74) is 2.48. The molecule has 0 saturated heterocycles. The monoisotopic (exact) mass is 198 g/mol. The van der Waals surface area contributed by atoms with Gasteiger partial charge in [-0.25, -0.2) is 0 Å².